The number of H-pyrrole nitrogens is 1. The third-order valence-electron chi connectivity index (χ3n) is 3.70. The van der Waals surface area contributed by atoms with Crippen LogP contribution >= 0.6 is 0 Å². The van der Waals surface area contributed by atoms with Crippen LogP contribution in [0.15, 0.2) is 34.4 Å². The van der Waals surface area contributed by atoms with Gasteiger partial charge in [0, 0.05) is 18.7 Å². The fraction of sp³-hybridized carbons (Fsp3) is 0.417. The first kappa shape index (κ1) is 15.1. The Kier molecular flexibility index (Phi) is 3.80. The topological polar surface area (TPSA) is 145 Å². The number of aromatic nitrogens is 4. The van der Waals surface area contributed by atoms with Crippen molar-refractivity contribution >= 4 is 5.82 Å². The molecular formula is C12H13N5O6. The largest absolute Gasteiger partial charge is 0.394 e. The molecule has 0 radical (unpaired) electrons. The van der Waals surface area contributed by atoms with Crippen LogP contribution in [0.5, 0.6) is 0 Å². The van der Waals surface area contributed by atoms with Gasteiger partial charge in [-0.15, -0.1) is 0 Å². The number of nitrogens with zero attached hydrogens (tertiary/aromatic N) is 4. The predicted octanol–water partition coefficient (Wildman–Crippen LogP) is -0.838. The van der Waals surface area contributed by atoms with Gasteiger partial charge in [-0.25, -0.2) is 4.79 Å². The van der Waals surface area contributed by atoms with E-state index in [2.05, 4.69) is 9.97 Å². The van der Waals surface area contributed by atoms with Crippen LogP contribution < -0.4 is 11.2 Å². The van der Waals surface area contributed by atoms with E-state index in [0.29, 0.717) is 0 Å². The van der Waals surface area contributed by atoms with Gasteiger partial charge >= 0.3 is 11.5 Å². The fourth-order valence-electron chi connectivity index (χ4n) is 2.62. The van der Waals surface area contributed by atoms with E-state index in [1.807, 2.05) is 0 Å². The number of nitro groups is 1. The lowest BCUT2D eigenvalue weighted by Gasteiger charge is -2.15. The highest BCUT2D eigenvalue weighted by atomic mass is 16.6. The summed E-state index contributed by atoms with van der Waals surface area (Å²) in [5.41, 5.74) is -1.15. The molecule has 0 saturated carbocycles. The Bertz CT molecular complexity index is 839. The highest BCUT2D eigenvalue weighted by Gasteiger charge is 2.38. The van der Waals surface area contributed by atoms with Crippen molar-refractivity contribution in [1.82, 2.24) is 19.1 Å². The summed E-state index contributed by atoms with van der Waals surface area (Å²) in [6.07, 6.45) is 2.75. The van der Waals surface area contributed by atoms with Crippen molar-refractivity contribution in [3.05, 3.63) is 55.7 Å². The number of rotatable bonds is 4. The molecule has 11 heteroatoms. The smallest absolute Gasteiger partial charge is 0.381 e. The molecule has 2 aromatic rings. The summed E-state index contributed by atoms with van der Waals surface area (Å²) in [5.74, 6) is -0.314. The molecule has 0 amide bonds. The Balaban J connectivity index is 1.89. The third-order valence-corrected chi connectivity index (χ3v) is 3.70. The fourth-order valence-corrected chi connectivity index (χ4v) is 2.62. The van der Waals surface area contributed by atoms with Gasteiger partial charge in [-0.05, 0) is 9.91 Å². The van der Waals surface area contributed by atoms with Gasteiger partial charge in [-0.3, -0.25) is 14.3 Å². The summed E-state index contributed by atoms with van der Waals surface area (Å²) in [6.45, 7) is -0.328. The van der Waals surface area contributed by atoms with E-state index < -0.39 is 34.5 Å². The number of imidazole rings is 1. The summed E-state index contributed by atoms with van der Waals surface area (Å²) in [7, 11) is 0. The molecule has 11 nitrogen and oxygen atoms in total. The SMILES string of the molecule is O=c1ccn(C2CC(n3cnc([N+](=O)[O-])c3)C(CO)O2)c(=O)[nH]1. The van der Waals surface area contributed by atoms with E-state index in [9.17, 15) is 24.8 Å². The first-order valence-corrected chi connectivity index (χ1v) is 6.75. The lowest BCUT2D eigenvalue weighted by atomic mass is 10.1. The molecule has 0 spiro atoms. The molecule has 122 valence electrons. The zero-order valence-corrected chi connectivity index (χ0v) is 11.7. The Labute approximate surface area is 127 Å². The van der Waals surface area contributed by atoms with Crippen molar-refractivity contribution < 1.29 is 14.8 Å². The standard InChI is InChI=1S/C12H13N5O6/c18-5-8-7(15-4-9(13-6-15)17(21)22)3-11(23-8)16-2-1-10(19)14-12(16)20/h1-2,4,6-8,11,18H,3,5H2,(H,14,19,20). The molecule has 3 rings (SSSR count). The molecule has 3 atom stereocenters. The van der Waals surface area contributed by atoms with E-state index in [1.54, 1.807) is 0 Å². The summed E-state index contributed by atoms with van der Waals surface area (Å²) in [5, 5.41) is 20.2. The quantitative estimate of drug-likeness (QED) is 0.551. The molecule has 1 saturated heterocycles. The minimum absolute atomic E-state index is 0.282. The van der Waals surface area contributed by atoms with E-state index in [1.165, 1.54) is 33.9 Å². The van der Waals surface area contributed by atoms with Crippen LogP contribution in [-0.2, 0) is 4.74 Å². The molecule has 23 heavy (non-hydrogen) atoms. The van der Waals surface area contributed by atoms with Crippen molar-refractivity contribution in [3.63, 3.8) is 0 Å². The molecule has 1 fully saturated rings. The Morgan fingerprint density at radius 2 is 2.30 bits per heavy atom. The molecule has 3 unspecified atom stereocenters. The summed E-state index contributed by atoms with van der Waals surface area (Å²) in [6, 6.07) is 0.763. The normalized spacial score (nSPS) is 24.0. The number of aliphatic hydroxyl groups is 1. The zero-order chi connectivity index (χ0) is 16.6. The van der Waals surface area contributed by atoms with Gasteiger partial charge in [0.05, 0.1) is 12.6 Å². The number of hydrogen-bond acceptors (Lipinski definition) is 7. The van der Waals surface area contributed by atoms with E-state index in [-0.39, 0.29) is 18.8 Å². The van der Waals surface area contributed by atoms with Crippen LogP contribution in [0, 0.1) is 10.1 Å². The molecule has 2 aromatic heterocycles. The Morgan fingerprint density at radius 1 is 1.52 bits per heavy atom. The number of hydrogen-bond donors (Lipinski definition) is 2. The maximum Gasteiger partial charge on any atom is 0.381 e. The molecule has 0 aliphatic carbocycles. The van der Waals surface area contributed by atoms with Crippen molar-refractivity contribution in [1.29, 1.82) is 0 Å². The zero-order valence-electron chi connectivity index (χ0n) is 11.7. The van der Waals surface area contributed by atoms with Crippen LogP contribution in [0.3, 0.4) is 0 Å². The minimum Gasteiger partial charge on any atom is -0.394 e. The summed E-state index contributed by atoms with van der Waals surface area (Å²) >= 11 is 0. The van der Waals surface area contributed by atoms with E-state index in [0.717, 1.165) is 0 Å². The first-order valence-electron chi connectivity index (χ1n) is 6.75. The van der Waals surface area contributed by atoms with Gasteiger partial charge in [0.2, 0.25) is 6.33 Å². The van der Waals surface area contributed by atoms with Crippen molar-refractivity contribution in [2.75, 3.05) is 6.61 Å². The number of ether oxygens (including phenoxy) is 1. The molecule has 1 aliphatic heterocycles. The van der Waals surface area contributed by atoms with Gasteiger partial charge in [-0.2, -0.15) is 0 Å². The average molecular weight is 323 g/mol. The minimum atomic E-state index is -0.706. The van der Waals surface area contributed by atoms with E-state index >= 15 is 0 Å². The van der Waals surface area contributed by atoms with Gasteiger partial charge in [0.15, 0.2) is 0 Å². The van der Waals surface area contributed by atoms with Crippen LogP contribution in [0.4, 0.5) is 5.82 Å². The average Bonchev–Trinajstić information content (AvgIpc) is 3.13. The lowest BCUT2D eigenvalue weighted by Crippen LogP contribution is -2.31. The summed E-state index contributed by atoms with van der Waals surface area (Å²) < 4.78 is 8.31. The predicted molar refractivity (Wildman–Crippen MR) is 74.9 cm³/mol. The highest BCUT2D eigenvalue weighted by Crippen LogP contribution is 2.36. The first-order chi connectivity index (χ1) is 11.0. The monoisotopic (exact) mass is 323 g/mol. The number of aromatic amines is 1. The van der Waals surface area contributed by atoms with Crippen LogP contribution in [0.2, 0.25) is 0 Å². The summed E-state index contributed by atoms with van der Waals surface area (Å²) in [4.78, 5) is 38.8. The molecule has 3 heterocycles. The Hall–Kier alpha value is -2.79. The maximum absolute atomic E-state index is 11.8. The van der Waals surface area contributed by atoms with Gasteiger partial charge in [-0.1, -0.05) is 0 Å². The van der Waals surface area contributed by atoms with Gasteiger partial charge in [0.1, 0.15) is 18.5 Å². The molecule has 0 bridgehead atoms. The van der Waals surface area contributed by atoms with E-state index in [4.69, 9.17) is 4.74 Å². The highest BCUT2D eigenvalue weighted by molar-refractivity contribution is 5.13. The van der Waals surface area contributed by atoms with Crippen molar-refractivity contribution in [2.45, 2.75) is 24.8 Å². The molecular weight excluding hydrogens is 310 g/mol. The van der Waals surface area contributed by atoms with Crippen molar-refractivity contribution in [3.8, 4) is 0 Å². The van der Waals surface area contributed by atoms with Crippen LogP contribution in [0.1, 0.15) is 18.7 Å². The molecule has 1 aliphatic rings. The van der Waals surface area contributed by atoms with Crippen LogP contribution in [-0.4, -0.2) is 41.8 Å². The number of aliphatic hydroxyl groups excluding tert-OH is 1. The second-order valence-corrected chi connectivity index (χ2v) is 5.07. The molecule has 0 aromatic carbocycles. The second-order valence-electron chi connectivity index (χ2n) is 5.07. The molecule has 2 N–H and O–H groups in total. The lowest BCUT2D eigenvalue weighted by molar-refractivity contribution is -0.389. The third kappa shape index (κ3) is 2.78. The van der Waals surface area contributed by atoms with Gasteiger partial charge < -0.3 is 24.5 Å². The second kappa shape index (κ2) is 5.78. The Morgan fingerprint density at radius 3 is 2.91 bits per heavy atom. The van der Waals surface area contributed by atoms with Crippen LogP contribution in [0.25, 0.3) is 0 Å². The van der Waals surface area contributed by atoms with Gasteiger partial charge in [0.25, 0.3) is 5.56 Å². The number of nitrogens with one attached hydrogen (secondary N) is 1. The maximum atomic E-state index is 11.8. The van der Waals surface area contributed by atoms with Crippen molar-refractivity contribution in [2.24, 2.45) is 0 Å².